The Hall–Kier alpha value is -1.81. The highest BCUT2D eigenvalue weighted by atomic mass is 32.1. The van der Waals surface area contributed by atoms with Gasteiger partial charge in [0.2, 0.25) is 0 Å². The fraction of sp³-hybridized carbons (Fsp3) is 0.167. The summed E-state index contributed by atoms with van der Waals surface area (Å²) >= 11 is 3.87. The van der Waals surface area contributed by atoms with Gasteiger partial charge in [-0.25, -0.2) is 0 Å². The molecule has 0 spiro atoms. The number of hydrogen-bond acceptors (Lipinski definition) is 4. The third-order valence-corrected chi connectivity index (χ3v) is 7.46. The first-order valence-electron chi connectivity index (χ1n) is 7.71. The zero-order valence-electron chi connectivity index (χ0n) is 13.2. The van der Waals surface area contributed by atoms with Crippen LogP contribution < -0.4 is 9.34 Å². The van der Waals surface area contributed by atoms with Crippen molar-refractivity contribution in [3.63, 3.8) is 0 Å². The first kappa shape index (κ1) is 17.0. The average Bonchev–Trinajstić information content (AvgIpc) is 2.94. The van der Waals surface area contributed by atoms with E-state index in [1.165, 1.54) is 0 Å². The van der Waals surface area contributed by atoms with Gasteiger partial charge in [-0.05, 0) is 24.3 Å². The van der Waals surface area contributed by atoms with Crippen LogP contribution in [0.2, 0.25) is 0 Å². The van der Waals surface area contributed by atoms with Crippen molar-refractivity contribution in [1.29, 1.82) is 0 Å². The number of rotatable bonds is 5. The summed E-state index contributed by atoms with van der Waals surface area (Å²) in [6, 6.07) is 19.5. The number of allylic oxidation sites excluding steroid dienone is 1. The number of para-hydroxylation sites is 2. The standard InChI is InChI=1S/C18H19N2O2PS/c1-15(14-18(21)24)23(22)19(16-8-4-2-5-9-16)12-13-20(23)17-10-6-3-7-11-17/h2-11,22H,1,12-14H2/p+1. The van der Waals surface area contributed by atoms with Crippen molar-refractivity contribution in [2.24, 2.45) is 0 Å². The molecule has 0 atom stereocenters. The van der Waals surface area contributed by atoms with Crippen LogP contribution in [0.3, 0.4) is 0 Å². The molecule has 3 rings (SSSR count). The van der Waals surface area contributed by atoms with E-state index in [1.54, 1.807) is 0 Å². The molecule has 1 N–H and O–H groups in total. The minimum absolute atomic E-state index is 0.0556. The van der Waals surface area contributed by atoms with E-state index in [1.807, 2.05) is 70.0 Å². The lowest BCUT2D eigenvalue weighted by Gasteiger charge is -2.32. The molecule has 2 aromatic carbocycles. The smallest absolute Gasteiger partial charge is 0.287 e. The van der Waals surface area contributed by atoms with Crippen molar-refractivity contribution in [3.8, 4) is 0 Å². The number of carbonyl (C=O) groups is 1. The van der Waals surface area contributed by atoms with Gasteiger partial charge in [-0.3, -0.25) is 4.79 Å². The highest BCUT2D eigenvalue weighted by molar-refractivity contribution is 7.96. The van der Waals surface area contributed by atoms with Crippen LogP contribution in [0.4, 0.5) is 11.4 Å². The molecule has 4 nitrogen and oxygen atoms in total. The quantitative estimate of drug-likeness (QED) is 0.622. The topological polar surface area (TPSA) is 43.8 Å². The summed E-state index contributed by atoms with van der Waals surface area (Å²) in [4.78, 5) is 23.2. The third-order valence-electron chi connectivity index (χ3n) is 4.08. The van der Waals surface area contributed by atoms with Gasteiger partial charge in [-0.15, -0.1) is 12.6 Å². The second kappa shape index (κ2) is 6.98. The van der Waals surface area contributed by atoms with E-state index in [9.17, 15) is 9.69 Å². The van der Waals surface area contributed by atoms with Gasteiger partial charge in [0.15, 0.2) is 5.12 Å². The van der Waals surface area contributed by atoms with Crippen molar-refractivity contribution in [2.45, 2.75) is 6.42 Å². The third kappa shape index (κ3) is 3.07. The summed E-state index contributed by atoms with van der Waals surface area (Å²) in [7, 11) is -2.93. The van der Waals surface area contributed by atoms with Crippen LogP contribution in [0.5, 0.6) is 0 Å². The number of thiol groups is 1. The summed E-state index contributed by atoms with van der Waals surface area (Å²) in [5.41, 5.74) is 1.86. The molecular formula is C18H20N2O2PS+. The molecule has 1 fully saturated rings. The molecule has 0 amide bonds. The van der Waals surface area contributed by atoms with E-state index in [0.717, 1.165) is 11.4 Å². The summed E-state index contributed by atoms with van der Waals surface area (Å²) < 4.78 is 3.97. The Morgan fingerprint density at radius 2 is 1.42 bits per heavy atom. The Morgan fingerprint density at radius 3 is 1.79 bits per heavy atom. The van der Waals surface area contributed by atoms with Crippen LogP contribution in [0.1, 0.15) is 6.42 Å². The van der Waals surface area contributed by atoms with Gasteiger partial charge in [0.25, 0.3) is 0 Å². The lowest BCUT2D eigenvalue weighted by atomic mass is 10.3. The van der Waals surface area contributed by atoms with E-state index in [0.29, 0.717) is 18.4 Å². The summed E-state index contributed by atoms with van der Waals surface area (Å²) in [6.07, 6.45) is 0.0556. The average molecular weight is 359 g/mol. The molecule has 0 saturated carbocycles. The second-order valence-electron chi connectivity index (χ2n) is 5.62. The van der Waals surface area contributed by atoms with Gasteiger partial charge < -0.3 is 0 Å². The molecule has 0 aromatic heterocycles. The van der Waals surface area contributed by atoms with E-state index in [2.05, 4.69) is 19.2 Å². The summed E-state index contributed by atoms with van der Waals surface area (Å²) in [5.74, 6) is 0. The molecule has 0 radical (unpaired) electrons. The van der Waals surface area contributed by atoms with Crippen molar-refractivity contribution >= 4 is 36.9 Å². The predicted octanol–water partition coefficient (Wildman–Crippen LogP) is 4.13. The molecule has 6 heteroatoms. The minimum Gasteiger partial charge on any atom is -0.287 e. The molecule has 1 saturated heterocycles. The second-order valence-corrected chi connectivity index (χ2v) is 8.86. The molecule has 24 heavy (non-hydrogen) atoms. The predicted molar refractivity (Wildman–Crippen MR) is 104 cm³/mol. The molecule has 124 valence electrons. The van der Waals surface area contributed by atoms with Gasteiger partial charge in [-0.1, -0.05) is 43.0 Å². The first-order chi connectivity index (χ1) is 11.5. The van der Waals surface area contributed by atoms with Gasteiger partial charge >= 0.3 is 7.79 Å². The number of hydrogen-bond donors (Lipinski definition) is 2. The first-order valence-corrected chi connectivity index (χ1v) is 9.81. The maximum absolute atomic E-state index is 11.7. The fourth-order valence-corrected chi connectivity index (χ4v) is 6.26. The number of nitrogens with zero attached hydrogens (tertiary/aromatic N) is 2. The van der Waals surface area contributed by atoms with Gasteiger partial charge in [0.05, 0.1) is 30.9 Å². The van der Waals surface area contributed by atoms with Crippen molar-refractivity contribution < 1.29 is 9.69 Å². The van der Waals surface area contributed by atoms with Gasteiger partial charge in [0, 0.05) is 0 Å². The maximum Gasteiger partial charge on any atom is 0.362 e. The van der Waals surface area contributed by atoms with E-state index < -0.39 is 7.79 Å². The summed E-state index contributed by atoms with van der Waals surface area (Å²) in [5, 5.41) is 0.231. The van der Waals surface area contributed by atoms with E-state index in [-0.39, 0.29) is 11.5 Å². The van der Waals surface area contributed by atoms with Crippen LogP contribution in [-0.4, -0.2) is 23.1 Å². The fourth-order valence-electron chi connectivity index (χ4n) is 3.00. The van der Waals surface area contributed by atoms with E-state index >= 15 is 0 Å². The van der Waals surface area contributed by atoms with Crippen LogP contribution in [0.15, 0.2) is 72.6 Å². The Morgan fingerprint density at radius 1 is 1.00 bits per heavy atom. The molecular weight excluding hydrogens is 339 g/mol. The Kier molecular flexibility index (Phi) is 4.95. The van der Waals surface area contributed by atoms with Crippen molar-refractivity contribution in [3.05, 3.63) is 72.6 Å². The monoisotopic (exact) mass is 359 g/mol. The molecule has 0 bridgehead atoms. The molecule has 0 aliphatic carbocycles. The molecule has 2 aromatic rings. The lowest BCUT2D eigenvalue weighted by molar-refractivity contribution is -0.110. The van der Waals surface area contributed by atoms with Gasteiger partial charge in [-0.2, -0.15) is 14.2 Å². The van der Waals surface area contributed by atoms with Crippen LogP contribution >= 0.6 is 20.4 Å². The van der Waals surface area contributed by atoms with Crippen LogP contribution in [0, 0.1) is 0 Å². The Bertz CT molecular complexity index is 692. The largest absolute Gasteiger partial charge is 0.362 e. The molecule has 1 aliphatic heterocycles. The van der Waals surface area contributed by atoms with Crippen LogP contribution in [-0.2, 0) is 4.79 Å². The molecule has 1 aliphatic rings. The minimum atomic E-state index is -2.93. The zero-order chi connectivity index (χ0) is 17.2. The van der Waals surface area contributed by atoms with Crippen LogP contribution in [0.25, 0.3) is 0 Å². The molecule has 0 unspecified atom stereocenters. The highest BCUT2D eigenvalue weighted by Gasteiger charge is 2.58. The number of carbonyl (C=O) groups excluding carboxylic acids is 1. The van der Waals surface area contributed by atoms with Gasteiger partial charge in [0.1, 0.15) is 5.31 Å². The number of anilines is 2. The summed E-state index contributed by atoms with van der Waals surface area (Å²) in [6.45, 7) is 5.39. The SMILES string of the molecule is C=C(CC(=O)S)[P+]1(O)N(c2ccccc2)CCN1c1ccccc1. The lowest BCUT2D eigenvalue weighted by Crippen LogP contribution is -2.26. The Labute approximate surface area is 148 Å². The van der Waals surface area contributed by atoms with E-state index in [4.69, 9.17) is 0 Å². The number of benzene rings is 2. The highest BCUT2D eigenvalue weighted by Crippen LogP contribution is 2.72. The van der Waals surface area contributed by atoms with Crippen molar-refractivity contribution in [2.75, 3.05) is 22.4 Å². The zero-order valence-corrected chi connectivity index (χ0v) is 15.0. The Balaban J connectivity index is 2.05. The molecule has 1 heterocycles. The maximum atomic E-state index is 11.7. The van der Waals surface area contributed by atoms with Crippen molar-refractivity contribution in [1.82, 2.24) is 0 Å². The normalized spacial score (nSPS) is 16.2.